The van der Waals surface area contributed by atoms with Crippen LogP contribution in [0.25, 0.3) is 10.1 Å². The van der Waals surface area contributed by atoms with E-state index in [1.807, 2.05) is 0 Å². The highest BCUT2D eigenvalue weighted by Gasteiger charge is 2.53. The number of nitrogens with zero attached hydrogens (tertiary/aromatic N) is 1. The molecule has 2 heterocycles. The van der Waals surface area contributed by atoms with Crippen LogP contribution >= 0.6 is 11.3 Å². The highest BCUT2D eigenvalue weighted by molar-refractivity contribution is 7.17. The summed E-state index contributed by atoms with van der Waals surface area (Å²) in [6.45, 7) is 0. The van der Waals surface area contributed by atoms with Gasteiger partial charge in [0.15, 0.2) is 5.72 Å². The Balaban J connectivity index is 1.43. The van der Waals surface area contributed by atoms with E-state index in [0.29, 0.717) is 16.5 Å². The van der Waals surface area contributed by atoms with Crippen LogP contribution in [-0.2, 0) is 11.0 Å². The van der Waals surface area contributed by atoms with Gasteiger partial charge in [-0.1, -0.05) is 11.7 Å². The average Bonchev–Trinajstić information content (AvgIpc) is 3.19. The monoisotopic (exact) mass is 369 g/mol. The number of hydrogen-bond donors (Lipinski definition) is 2. The molecule has 2 aromatic rings. The molecule has 1 unspecified atom stereocenters. The van der Waals surface area contributed by atoms with Gasteiger partial charge in [-0.3, -0.25) is 4.84 Å². The molecule has 1 aromatic heterocycles. The molecule has 1 aromatic carbocycles. The zero-order chi connectivity index (χ0) is 17.2. The topological polar surface area (TPSA) is 36.5 Å². The predicted molar refractivity (Wildman–Crippen MR) is 89.5 cm³/mol. The van der Waals surface area contributed by atoms with Gasteiger partial charge in [-0.2, -0.15) is 18.6 Å². The van der Waals surface area contributed by atoms with Gasteiger partial charge in [0.05, 0.1) is 11.3 Å². The van der Waals surface area contributed by atoms with Crippen molar-refractivity contribution >= 4 is 27.1 Å². The molecule has 6 rings (SSSR count). The van der Waals surface area contributed by atoms with Crippen LogP contribution in [-0.4, -0.2) is 5.72 Å². The third-order valence-corrected chi connectivity index (χ3v) is 6.79. The van der Waals surface area contributed by atoms with Gasteiger partial charge in [0, 0.05) is 21.4 Å². The molecule has 1 spiro atoms. The van der Waals surface area contributed by atoms with Crippen molar-refractivity contribution in [2.45, 2.75) is 44.0 Å². The van der Waals surface area contributed by atoms with Gasteiger partial charge in [-0.15, -0.1) is 11.3 Å². The molecule has 0 radical (unpaired) electrons. The van der Waals surface area contributed by atoms with Crippen LogP contribution in [0.1, 0.15) is 37.7 Å². The van der Waals surface area contributed by atoms with E-state index in [9.17, 15) is 13.2 Å². The Hall–Kier alpha value is -1.35. The van der Waals surface area contributed by atoms with Gasteiger partial charge in [0.1, 0.15) is 0 Å². The molecular formula is C17H18F3N3OS. The number of hydrogen-bond acceptors (Lipinski definition) is 5. The lowest BCUT2D eigenvalue weighted by Crippen LogP contribution is -2.57. The van der Waals surface area contributed by atoms with Crippen molar-refractivity contribution in [3.8, 4) is 0 Å². The molecule has 25 heavy (non-hydrogen) atoms. The Kier molecular flexibility index (Phi) is 3.38. The maximum atomic E-state index is 13.0. The number of fused-ring (bicyclic) bond motifs is 3. The number of rotatable bonds is 1. The zero-order valence-corrected chi connectivity index (χ0v) is 14.2. The fourth-order valence-electron chi connectivity index (χ4n) is 4.55. The Morgan fingerprint density at radius 1 is 1.20 bits per heavy atom. The molecule has 1 aliphatic heterocycles. The second kappa shape index (κ2) is 5.33. The van der Waals surface area contributed by atoms with E-state index in [4.69, 9.17) is 4.84 Å². The van der Waals surface area contributed by atoms with Crippen LogP contribution in [0.2, 0.25) is 0 Å². The summed E-state index contributed by atoms with van der Waals surface area (Å²) in [4.78, 5) is 5.94. The van der Waals surface area contributed by atoms with Crippen LogP contribution in [0.4, 0.5) is 18.9 Å². The molecule has 1 atom stereocenters. The Morgan fingerprint density at radius 2 is 2.00 bits per heavy atom. The Bertz CT molecular complexity index is 815. The largest absolute Gasteiger partial charge is 0.417 e. The molecule has 0 amide bonds. The minimum Gasteiger partial charge on any atom is -0.257 e. The molecule has 2 bridgehead atoms. The van der Waals surface area contributed by atoms with Crippen LogP contribution in [0, 0.1) is 11.8 Å². The van der Waals surface area contributed by atoms with E-state index in [2.05, 4.69) is 11.0 Å². The minimum atomic E-state index is -4.32. The molecular weight excluding hydrogens is 351 g/mol. The van der Waals surface area contributed by atoms with E-state index < -0.39 is 11.7 Å². The zero-order valence-electron chi connectivity index (χ0n) is 13.4. The first-order valence-electron chi connectivity index (χ1n) is 8.55. The number of anilines is 1. The number of hydrazine groups is 2. The normalized spacial score (nSPS) is 32.2. The number of halogens is 3. The SMILES string of the molecule is FC(F)(F)c1csc2cc(N3NOC4(CC5CCC4CC5)N3)ccc12. The first-order valence-corrected chi connectivity index (χ1v) is 9.43. The summed E-state index contributed by atoms with van der Waals surface area (Å²) >= 11 is 1.11. The van der Waals surface area contributed by atoms with Crippen molar-refractivity contribution in [1.29, 1.82) is 0 Å². The second-order valence-corrected chi connectivity index (χ2v) is 8.19. The third kappa shape index (κ3) is 2.46. The van der Waals surface area contributed by atoms with Crippen molar-refractivity contribution in [1.82, 2.24) is 11.0 Å². The fourth-order valence-corrected chi connectivity index (χ4v) is 5.54. The summed E-state index contributed by atoms with van der Waals surface area (Å²) < 4.78 is 39.7. The smallest absolute Gasteiger partial charge is 0.257 e. The third-order valence-electron chi connectivity index (χ3n) is 5.84. The summed E-state index contributed by atoms with van der Waals surface area (Å²) in [6.07, 6.45) is 1.49. The lowest BCUT2D eigenvalue weighted by molar-refractivity contribution is -0.153. The molecule has 4 fully saturated rings. The summed E-state index contributed by atoms with van der Waals surface area (Å²) in [5, 5.41) is 3.12. The first-order chi connectivity index (χ1) is 11.9. The van der Waals surface area contributed by atoms with Crippen molar-refractivity contribution < 1.29 is 18.0 Å². The van der Waals surface area contributed by atoms with E-state index in [-0.39, 0.29) is 11.1 Å². The lowest BCUT2D eigenvalue weighted by Gasteiger charge is -2.47. The maximum absolute atomic E-state index is 13.0. The van der Waals surface area contributed by atoms with Gasteiger partial charge < -0.3 is 0 Å². The van der Waals surface area contributed by atoms with Crippen molar-refractivity contribution in [2.75, 3.05) is 5.12 Å². The summed E-state index contributed by atoms with van der Waals surface area (Å²) in [7, 11) is 0. The molecule has 134 valence electrons. The molecule has 8 heteroatoms. The molecule has 3 saturated carbocycles. The average molecular weight is 369 g/mol. The van der Waals surface area contributed by atoms with Crippen molar-refractivity contribution in [2.24, 2.45) is 11.8 Å². The molecule has 4 nitrogen and oxygen atoms in total. The van der Waals surface area contributed by atoms with Crippen LogP contribution in [0.3, 0.4) is 0 Å². The standard InChI is InChI=1S/C17H18F3N3OS/c18-17(19,20)14-9-25-15-7-12(5-6-13(14)15)23-21-16(24-22-23)8-10-1-3-11(16)4-2-10/h5-7,9-11,21-22H,1-4,8H2. The quantitative estimate of drug-likeness (QED) is 0.771. The van der Waals surface area contributed by atoms with E-state index >= 15 is 0 Å². The lowest BCUT2D eigenvalue weighted by atomic mass is 9.66. The maximum Gasteiger partial charge on any atom is 0.417 e. The summed E-state index contributed by atoms with van der Waals surface area (Å²) in [5.41, 5.74) is 6.16. The van der Waals surface area contributed by atoms with Crippen LogP contribution < -0.4 is 16.1 Å². The predicted octanol–water partition coefficient (Wildman–Crippen LogP) is 4.59. The van der Waals surface area contributed by atoms with Gasteiger partial charge >= 0.3 is 6.18 Å². The molecule has 1 saturated heterocycles. The van der Waals surface area contributed by atoms with Gasteiger partial charge in [0.25, 0.3) is 0 Å². The number of benzene rings is 1. The van der Waals surface area contributed by atoms with Crippen molar-refractivity contribution in [3.63, 3.8) is 0 Å². The minimum absolute atomic E-state index is 0.243. The Morgan fingerprint density at radius 3 is 2.68 bits per heavy atom. The summed E-state index contributed by atoms with van der Waals surface area (Å²) in [5.74, 6) is 1.16. The van der Waals surface area contributed by atoms with Gasteiger partial charge in [-0.05, 0) is 50.2 Å². The highest BCUT2D eigenvalue weighted by Crippen LogP contribution is 2.49. The second-order valence-electron chi connectivity index (χ2n) is 7.28. The van der Waals surface area contributed by atoms with Crippen molar-refractivity contribution in [3.05, 3.63) is 29.1 Å². The van der Waals surface area contributed by atoms with Gasteiger partial charge in [0.2, 0.25) is 0 Å². The van der Waals surface area contributed by atoms with E-state index in [1.165, 1.54) is 24.3 Å². The number of thiophene rings is 1. The number of alkyl halides is 3. The fraction of sp³-hybridized carbons (Fsp3) is 0.529. The first kappa shape index (κ1) is 15.9. The summed E-state index contributed by atoms with van der Waals surface area (Å²) in [6, 6.07) is 4.98. The Labute approximate surface area is 146 Å². The highest BCUT2D eigenvalue weighted by atomic mass is 32.1. The van der Waals surface area contributed by atoms with E-state index in [0.717, 1.165) is 36.3 Å². The van der Waals surface area contributed by atoms with Gasteiger partial charge in [-0.25, -0.2) is 5.12 Å². The molecule has 4 aliphatic rings. The number of nitrogens with one attached hydrogen (secondary N) is 2. The molecule has 3 aliphatic carbocycles. The van der Waals surface area contributed by atoms with E-state index in [1.54, 1.807) is 17.3 Å². The molecule has 2 N–H and O–H groups in total. The van der Waals surface area contributed by atoms with Crippen LogP contribution in [0.5, 0.6) is 0 Å². The van der Waals surface area contributed by atoms with Crippen LogP contribution in [0.15, 0.2) is 23.6 Å².